The van der Waals surface area contributed by atoms with E-state index < -0.39 is 0 Å². The molecule has 2 aromatic carbocycles. The van der Waals surface area contributed by atoms with Gasteiger partial charge in [0.05, 0.1) is 18.3 Å². The van der Waals surface area contributed by atoms with Crippen LogP contribution in [0.5, 0.6) is 5.75 Å². The van der Waals surface area contributed by atoms with Gasteiger partial charge < -0.3 is 19.9 Å². The largest absolute Gasteiger partial charge is 0.489 e. The Balaban J connectivity index is 1.21. The Labute approximate surface area is 203 Å². The lowest BCUT2D eigenvalue weighted by molar-refractivity contribution is -0.134. The van der Waals surface area contributed by atoms with Crippen molar-refractivity contribution in [2.45, 2.75) is 38.5 Å². The van der Waals surface area contributed by atoms with E-state index in [1.165, 1.54) is 11.6 Å². The van der Waals surface area contributed by atoms with Crippen LogP contribution in [0.15, 0.2) is 71.7 Å². The van der Waals surface area contributed by atoms with Crippen LogP contribution in [0.1, 0.15) is 29.7 Å². The van der Waals surface area contributed by atoms with Gasteiger partial charge in [0.25, 0.3) is 5.56 Å². The highest BCUT2D eigenvalue weighted by atomic mass is 16.5. The van der Waals surface area contributed by atoms with Crippen molar-refractivity contribution in [3.63, 3.8) is 0 Å². The molecule has 7 heteroatoms. The fourth-order valence-electron chi connectivity index (χ4n) is 5.20. The van der Waals surface area contributed by atoms with E-state index in [-0.39, 0.29) is 17.5 Å². The van der Waals surface area contributed by atoms with Gasteiger partial charge in [-0.25, -0.2) is 0 Å². The number of rotatable bonds is 5. The molecule has 178 valence electrons. The van der Waals surface area contributed by atoms with Crippen LogP contribution in [0.4, 0.5) is 0 Å². The quantitative estimate of drug-likeness (QED) is 0.470. The van der Waals surface area contributed by atoms with Gasteiger partial charge in [0.15, 0.2) is 0 Å². The fourth-order valence-corrected chi connectivity index (χ4v) is 5.20. The molecule has 1 amide bonds. The summed E-state index contributed by atoms with van der Waals surface area (Å²) in [5.74, 6) is 0.752. The van der Waals surface area contributed by atoms with Crippen LogP contribution in [0.25, 0.3) is 16.6 Å². The highest BCUT2D eigenvalue weighted by Gasteiger charge is 2.30. The third kappa shape index (κ3) is 4.23. The van der Waals surface area contributed by atoms with E-state index in [9.17, 15) is 9.59 Å². The molecule has 1 saturated heterocycles. The van der Waals surface area contributed by atoms with Gasteiger partial charge in [-0.2, -0.15) is 0 Å². The van der Waals surface area contributed by atoms with Gasteiger partial charge in [-0.1, -0.05) is 36.4 Å². The van der Waals surface area contributed by atoms with Gasteiger partial charge in [-0.3, -0.25) is 14.2 Å². The molecule has 0 aliphatic carbocycles. The smallest absolute Gasteiger partial charge is 0.258 e. The van der Waals surface area contributed by atoms with E-state index in [1.54, 1.807) is 10.8 Å². The molecule has 0 unspecified atom stereocenters. The van der Waals surface area contributed by atoms with Crippen LogP contribution in [-0.4, -0.2) is 39.5 Å². The third-order valence-electron chi connectivity index (χ3n) is 7.05. The molecular formula is C28H28N4O3. The molecule has 2 aliphatic rings. The molecule has 0 saturated carbocycles. The van der Waals surface area contributed by atoms with Gasteiger partial charge in [-0.15, -0.1) is 0 Å². The number of hydrogen-bond donors (Lipinski definition) is 2. The average Bonchev–Trinajstić information content (AvgIpc) is 3.55. The van der Waals surface area contributed by atoms with Crippen LogP contribution in [-0.2, 0) is 24.4 Å². The van der Waals surface area contributed by atoms with Crippen LogP contribution < -0.4 is 15.6 Å². The van der Waals surface area contributed by atoms with Crippen molar-refractivity contribution in [3.8, 4) is 11.4 Å². The number of aromatic nitrogens is 2. The minimum atomic E-state index is -0.146. The molecule has 0 spiro atoms. The maximum absolute atomic E-state index is 12.9. The molecule has 35 heavy (non-hydrogen) atoms. The minimum absolute atomic E-state index is 0.0425. The molecule has 2 N–H and O–H groups in total. The molecular weight excluding hydrogens is 440 g/mol. The number of nitrogens with zero attached hydrogens (tertiary/aromatic N) is 2. The number of aromatic amines is 1. The molecule has 6 rings (SSSR count). The molecule has 2 aromatic heterocycles. The summed E-state index contributed by atoms with van der Waals surface area (Å²) in [5, 5.41) is 4.47. The first-order chi connectivity index (χ1) is 17.2. The lowest BCUT2D eigenvalue weighted by Gasteiger charge is -2.29. The Kier molecular flexibility index (Phi) is 5.62. The summed E-state index contributed by atoms with van der Waals surface area (Å²) in [6, 6.07) is 19.2. The second kappa shape index (κ2) is 9.07. The van der Waals surface area contributed by atoms with Crippen LogP contribution >= 0.6 is 0 Å². The minimum Gasteiger partial charge on any atom is -0.489 e. The van der Waals surface area contributed by atoms with Crippen molar-refractivity contribution in [1.82, 2.24) is 19.8 Å². The summed E-state index contributed by atoms with van der Waals surface area (Å²) in [4.78, 5) is 31.2. The molecule has 2 aliphatic heterocycles. The number of benzene rings is 2. The van der Waals surface area contributed by atoms with Crippen LogP contribution in [0.2, 0.25) is 0 Å². The second-order valence-corrected chi connectivity index (χ2v) is 9.32. The number of hydrogen-bond acceptors (Lipinski definition) is 4. The number of carbonyl (C=O) groups excluding carboxylic acids is 1. The summed E-state index contributed by atoms with van der Waals surface area (Å²) in [5.41, 5.74) is 5.04. The van der Waals surface area contributed by atoms with E-state index in [0.29, 0.717) is 18.9 Å². The van der Waals surface area contributed by atoms with Crippen molar-refractivity contribution in [3.05, 3.63) is 94.0 Å². The topological polar surface area (TPSA) is 79.4 Å². The van der Waals surface area contributed by atoms with Crippen LogP contribution in [0.3, 0.4) is 0 Å². The maximum Gasteiger partial charge on any atom is 0.258 e. The molecule has 0 bridgehead atoms. The molecule has 4 heterocycles. The van der Waals surface area contributed by atoms with Crippen molar-refractivity contribution in [2.24, 2.45) is 0 Å². The van der Waals surface area contributed by atoms with Gasteiger partial charge in [-0.05, 0) is 55.1 Å². The van der Waals surface area contributed by atoms with E-state index >= 15 is 0 Å². The predicted molar refractivity (Wildman–Crippen MR) is 135 cm³/mol. The number of carbonyl (C=O) groups is 1. The lowest BCUT2D eigenvalue weighted by atomic mass is 10.0. The van der Waals surface area contributed by atoms with Crippen molar-refractivity contribution in [1.29, 1.82) is 0 Å². The first kappa shape index (κ1) is 21.7. The molecule has 0 radical (unpaired) electrons. The zero-order valence-corrected chi connectivity index (χ0v) is 19.5. The number of amides is 1. The van der Waals surface area contributed by atoms with Crippen molar-refractivity contribution < 1.29 is 9.53 Å². The Morgan fingerprint density at radius 2 is 1.97 bits per heavy atom. The van der Waals surface area contributed by atoms with Gasteiger partial charge in [0.2, 0.25) is 5.91 Å². The Bertz CT molecular complexity index is 1430. The Morgan fingerprint density at radius 1 is 1.09 bits per heavy atom. The first-order valence-electron chi connectivity index (χ1n) is 12.2. The Morgan fingerprint density at radius 3 is 2.77 bits per heavy atom. The molecule has 1 fully saturated rings. The summed E-state index contributed by atoms with van der Waals surface area (Å²) in [6.45, 7) is 2.68. The third-order valence-corrected chi connectivity index (χ3v) is 7.05. The number of pyridine rings is 1. The zero-order valence-electron chi connectivity index (χ0n) is 19.5. The monoisotopic (exact) mass is 468 g/mol. The van der Waals surface area contributed by atoms with E-state index in [0.717, 1.165) is 60.2 Å². The number of nitrogens with one attached hydrogen (secondary N) is 2. The standard InChI is InChI=1S/C28H28N4O3/c33-27-16-21(35-18-19-5-2-1-3-6-19)10-14-32(27)20-8-9-22-23-11-13-31(17-26(23)30-25(22)15-20)28(34)24-7-4-12-29-24/h1-3,5-6,8-10,14-16,24,29-30H,4,7,11-13,17-18H2/t24-/m0/s1. The van der Waals surface area contributed by atoms with E-state index in [4.69, 9.17) is 4.74 Å². The normalized spacial score (nSPS) is 17.5. The van der Waals surface area contributed by atoms with Gasteiger partial charge in [0.1, 0.15) is 12.4 Å². The predicted octanol–water partition coefficient (Wildman–Crippen LogP) is 3.53. The molecule has 7 nitrogen and oxygen atoms in total. The van der Waals surface area contributed by atoms with Gasteiger partial charge in [0, 0.05) is 35.4 Å². The average molecular weight is 469 g/mol. The summed E-state index contributed by atoms with van der Waals surface area (Å²) in [6.07, 6.45) is 4.56. The number of fused-ring (bicyclic) bond motifs is 3. The Hall–Kier alpha value is -3.84. The molecule has 4 aromatic rings. The van der Waals surface area contributed by atoms with E-state index in [1.807, 2.05) is 53.4 Å². The SMILES string of the molecule is O=C([C@@H]1CCCN1)N1CCc2c([nH]c3cc(-n4ccc(OCc5ccccc5)cc4=O)ccc23)C1. The number of H-pyrrole nitrogens is 1. The summed E-state index contributed by atoms with van der Waals surface area (Å²) < 4.78 is 7.42. The number of ether oxygens (including phenoxy) is 1. The zero-order chi connectivity index (χ0) is 23.8. The summed E-state index contributed by atoms with van der Waals surface area (Å²) >= 11 is 0. The van der Waals surface area contributed by atoms with E-state index in [2.05, 4.69) is 16.4 Å². The molecule has 1 atom stereocenters. The van der Waals surface area contributed by atoms with Crippen molar-refractivity contribution >= 4 is 16.8 Å². The maximum atomic E-state index is 12.9. The van der Waals surface area contributed by atoms with Crippen LogP contribution in [0, 0.1) is 0 Å². The summed E-state index contributed by atoms with van der Waals surface area (Å²) in [7, 11) is 0. The second-order valence-electron chi connectivity index (χ2n) is 9.32. The highest BCUT2D eigenvalue weighted by molar-refractivity contribution is 5.88. The van der Waals surface area contributed by atoms with Gasteiger partial charge >= 0.3 is 0 Å². The fraction of sp³-hybridized carbons (Fsp3) is 0.286. The lowest BCUT2D eigenvalue weighted by Crippen LogP contribution is -2.45. The highest BCUT2D eigenvalue weighted by Crippen LogP contribution is 2.29. The first-order valence-corrected chi connectivity index (χ1v) is 12.2. The van der Waals surface area contributed by atoms with Crippen molar-refractivity contribution in [2.75, 3.05) is 13.1 Å².